The molecule has 0 aliphatic rings. The fourth-order valence-corrected chi connectivity index (χ4v) is 2.22. The summed E-state index contributed by atoms with van der Waals surface area (Å²) in [6.45, 7) is 3.70. The lowest BCUT2D eigenvalue weighted by Gasteiger charge is -2.08. The summed E-state index contributed by atoms with van der Waals surface area (Å²) < 4.78 is 6.73. The molecule has 0 radical (unpaired) electrons. The van der Waals surface area contributed by atoms with E-state index < -0.39 is 11.0 Å². The number of rotatable bonds is 5. The first kappa shape index (κ1) is 15.6. The van der Waals surface area contributed by atoms with Crippen LogP contribution in [0.15, 0.2) is 42.7 Å². The number of carbonyl (C=O) groups is 1. The first-order chi connectivity index (χ1) is 10.4. The minimum absolute atomic E-state index is 0.136. The summed E-state index contributed by atoms with van der Waals surface area (Å²) in [4.78, 5) is 23.0. The number of aromatic nitrogens is 1. The van der Waals surface area contributed by atoms with Gasteiger partial charge >= 0.3 is 5.69 Å². The van der Waals surface area contributed by atoms with Crippen LogP contribution in [0.2, 0.25) is 0 Å². The first-order valence-electron chi connectivity index (χ1n) is 6.78. The normalized spacial score (nSPS) is 11.8. The van der Waals surface area contributed by atoms with Gasteiger partial charge in [-0.2, -0.15) is 4.57 Å². The van der Waals surface area contributed by atoms with Gasteiger partial charge in [0, 0.05) is 30.2 Å². The molecule has 0 spiro atoms. The van der Waals surface area contributed by atoms with Gasteiger partial charge in [-0.1, -0.05) is 0 Å². The molecule has 0 saturated heterocycles. The summed E-state index contributed by atoms with van der Waals surface area (Å²) in [5, 5.41) is 11.0. The Labute approximate surface area is 128 Å². The predicted molar refractivity (Wildman–Crippen MR) is 80.1 cm³/mol. The molecule has 0 saturated carbocycles. The summed E-state index contributed by atoms with van der Waals surface area (Å²) in [6.07, 6.45) is 3.66. The van der Waals surface area contributed by atoms with Gasteiger partial charge in [-0.15, -0.1) is 0 Å². The Morgan fingerprint density at radius 2 is 2.09 bits per heavy atom. The van der Waals surface area contributed by atoms with Crippen molar-refractivity contribution in [3.05, 3.63) is 64.0 Å². The van der Waals surface area contributed by atoms with E-state index in [2.05, 4.69) is 0 Å². The molecular formula is C16H17N2O4+. The molecule has 0 amide bonds. The highest BCUT2D eigenvalue weighted by Gasteiger charge is 2.26. The zero-order valence-electron chi connectivity index (χ0n) is 12.6. The third-order valence-corrected chi connectivity index (χ3v) is 3.46. The summed E-state index contributed by atoms with van der Waals surface area (Å²) in [6, 6.07) is 7.59. The molecule has 6 nitrogen and oxygen atoms in total. The molecule has 0 aliphatic carbocycles. The Morgan fingerprint density at radius 1 is 1.36 bits per heavy atom. The highest BCUT2D eigenvalue weighted by molar-refractivity contribution is 5.98. The van der Waals surface area contributed by atoms with Crippen molar-refractivity contribution in [2.75, 3.05) is 7.11 Å². The van der Waals surface area contributed by atoms with Gasteiger partial charge in [0.15, 0.2) is 18.1 Å². The Kier molecular flexibility index (Phi) is 4.50. The van der Waals surface area contributed by atoms with E-state index in [1.807, 2.05) is 25.3 Å². The lowest BCUT2D eigenvalue weighted by atomic mass is 10.0. The fourth-order valence-electron chi connectivity index (χ4n) is 2.22. The van der Waals surface area contributed by atoms with Crippen molar-refractivity contribution < 1.29 is 19.0 Å². The first-order valence-corrected chi connectivity index (χ1v) is 6.78. The van der Waals surface area contributed by atoms with Crippen LogP contribution in [0, 0.1) is 17.0 Å². The molecule has 114 valence electrons. The van der Waals surface area contributed by atoms with Crippen LogP contribution < -0.4 is 9.30 Å². The number of hydrogen-bond acceptors (Lipinski definition) is 4. The van der Waals surface area contributed by atoms with Crippen molar-refractivity contribution >= 4 is 11.5 Å². The van der Waals surface area contributed by atoms with E-state index in [9.17, 15) is 14.9 Å². The topological polar surface area (TPSA) is 73.3 Å². The third kappa shape index (κ3) is 3.11. The second-order valence-electron chi connectivity index (χ2n) is 5.01. The zero-order valence-corrected chi connectivity index (χ0v) is 12.6. The number of nitro benzene ring substituents is 1. The minimum atomic E-state index is -0.555. The second kappa shape index (κ2) is 6.34. The number of benzene rings is 1. The number of hydrogen-bond donors (Lipinski definition) is 0. The summed E-state index contributed by atoms with van der Waals surface area (Å²) in [5.74, 6) is -0.0567. The Morgan fingerprint density at radius 3 is 2.68 bits per heavy atom. The van der Waals surface area contributed by atoms with Crippen molar-refractivity contribution in [1.29, 1.82) is 0 Å². The molecule has 1 aromatic carbocycles. The van der Waals surface area contributed by atoms with Crippen LogP contribution in [0.25, 0.3) is 0 Å². The SMILES string of the molecule is COc1ccc(C(=O)C(C)[n+]2cccc(C)c2)cc1[N+](=O)[O-]. The number of ketones is 1. The minimum Gasteiger partial charge on any atom is -0.490 e. The molecule has 1 unspecified atom stereocenters. The van der Waals surface area contributed by atoms with Gasteiger partial charge in [0.05, 0.1) is 12.0 Å². The van der Waals surface area contributed by atoms with Crippen LogP contribution in [0.5, 0.6) is 5.75 Å². The Balaban J connectivity index is 2.37. The maximum Gasteiger partial charge on any atom is 0.311 e. The van der Waals surface area contributed by atoms with Crippen LogP contribution in [0.4, 0.5) is 5.69 Å². The molecule has 2 rings (SSSR count). The molecule has 22 heavy (non-hydrogen) atoms. The highest BCUT2D eigenvalue weighted by Crippen LogP contribution is 2.28. The quantitative estimate of drug-likeness (QED) is 0.368. The fraction of sp³-hybridized carbons (Fsp3) is 0.250. The van der Waals surface area contributed by atoms with Gasteiger partial charge in [0.2, 0.25) is 11.8 Å². The molecule has 1 heterocycles. The van der Waals surface area contributed by atoms with Crippen LogP contribution in [0.3, 0.4) is 0 Å². The molecule has 0 aliphatic heterocycles. The Hall–Kier alpha value is -2.76. The van der Waals surface area contributed by atoms with Gasteiger partial charge in [0.1, 0.15) is 0 Å². The number of carbonyl (C=O) groups excluding carboxylic acids is 1. The van der Waals surface area contributed by atoms with Crippen molar-refractivity contribution in [3.63, 3.8) is 0 Å². The lowest BCUT2D eigenvalue weighted by molar-refractivity contribution is -0.705. The monoisotopic (exact) mass is 301 g/mol. The van der Waals surface area contributed by atoms with E-state index in [4.69, 9.17) is 4.74 Å². The molecule has 0 N–H and O–H groups in total. The largest absolute Gasteiger partial charge is 0.490 e. The van der Waals surface area contributed by atoms with E-state index >= 15 is 0 Å². The van der Waals surface area contributed by atoms with Gasteiger partial charge in [0.25, 0.3) is 0 Å². The number of Topliss-reactive ketones (excluding diaryl/α,β-unsaturated/α-hetero) is 1. The lowest BCUT2D eigenvalue weighted by Crippen LogP contribution is -2.41. The van der Waals surface area contributed by atoms with E-state index in [0.29, 0.717) is 0 Å². The van der Waals surface area contributed by atoms with E-state index in [1.54, 1.807) is 23.8 Å². The van der Waals surface area contributed by atoms with Crippen LogP contribution >= 0.6 is 0 Å². The summed E-state index contributed by atoms with van der Waals surface area (Å²) >= 11 is 0. The average Bonchev–Trinajstić information content (AvgIpc) is 2.52. The van der Waals surface area contributed by atoms with Gasteiger partial charge in [-0.25, -0.2) is 0 Å². The zero-order chi connectivity index (χ0) is 16.3. The van der Waals surface area contributed by atoms with Crippen LogP contribution in [0.1, 0.15) is 28.9 Å². The van der Waals surface area contributed by atoms with Crippen LogP contribution in [-0.2, 0) is 0 Å². The molecule has 2 aromatic rings. The predicted octanol–water partition coefficient (Wildman–Crippen LogP) is 2.64. The van der Waals surface area contributed by atoms with Gasteiger partial charge in [-0.05, 0) is 25.1 Å². The number of pyridine rings is 1. The third-order valence-electron chi connectivity index (χ3n) is 3.46. The number of nitro groups is 1. The van der Waals surface area contributed by atoms with Gasteiger partial charge in [-0.3, -0.25) is 14.9 Å². The molecule has 0 fully saturated rings. The average molecular weight is 301 g/mol. The number of nitrogens with zero attached hydrogens (tertiary/aromatic N) is 2. The van der Waals surface area contributed by atoms with E-state index in [0.717, 1.165) is 5.56 Å². The molecular weight excluding hydrogens is 284 g/mol. The van der Waals surface area contributed by atoms with Crippen LogP contribution in [-0.4, -0.2) is 17.8 Å². The van der Waals surface area contributed by atoms with Crippen molar-refractivity contribution in [3.8, 4) is 5.75 Å². The van der Waals surface area contributed by atoms with Crippen molar-refractivity contribution in [1.82, 2.24) is 0 Å². The number of aryl methyl sites for hydroxylation is 1. The molecule has 1 aromatic heterocycles. The number of methoxy groups -OCH3 is 1. The Bertz CT molecular complexity index is 728. The standard InChI is InChI=1S/C16H17N2O4/c1-11-5-4-8-17(10-11)12(2)16(19)13-6-7-15(22-3)14(9-13)18(20)21/h4-10,12H,1-3H3/q+1. The molecule has 1 atom stereocenters. The number of ether oxygens (including phenoxy) is 1. The second-order valence-corrected chi connectivity index (χ2v) is 5.01. The maximum absolute atomic E-state index is 12.5. The van der Waals surface area contributed by atoms with Crippen molar-refractivity contribution in [2.24, 2.45) is 0 Å². The molecule has 0 bridgehead atoms. The summed E-state index contributed by atoms with van der Waals surface area (Å²) in [7, 11) is 1.36. The highest BCUT2D eigenvalue weighted by atomic mass is 16.6. The van der Waals surface area contributed by atoms with Gasteiger partial charge < -0.3 is 4.74 Å². The maximum atomic E-state index is 12.5. The summed E-state index contributed by atoms with van der Waals surface area (Å²) in [5.41, 5.74) is 1.10. The van der Waals surface area contributed by atoms with Crippen molar-refractivity contribution in [2.45, 2.75) is 19.9 Å². The van der Waals surface area contributed by atoms with E-state index in [1.165, 1.54) is 19.2 Å². The molecule has 6 heteroatoms. The van der Waals surface area contributed by atoms with E-state index in [-0.39, 0.29) is 22.8 Å². The smallest absolute Gasteiger partial charge is 0.311 e.